The van der Waals surface area contributed by atoms with E-state index in [0.29, 0.717) is 37.3 Å². The topological polar surface area (TPSA) is 125 Å². The van der Waals surface area contributed by atoms with Crippen LogP contribution in [0.5, 0.6) is 23.0 Å². The monoisotopic (exact) mass is 773 g/mol. The molecule has 0 spiro atoms. The van der Waals surface area contributed by atoms with E-state index in [-0.39, 0.29) is 17.9 Å². The first kappa shape index (κ1) is 30.4. The third kappa shape index (κ3) is 7.92. The average molecular weight is 775 g/mol. The number of hydrazone groups is 1. The van der Waals surface area contributed by atoms with Crippen LogP contribution in [-0.4, -0.2) is 51.9 Å². The van der Waals surface area contributed by atoms with Gasteiger partial charge in [0.15, 0.2) is 17.2 Å². The SMILES string of the molecule is COc1cc(C(=O)NCC(=O)N/N=C\c2cc(Br)cc(Br)c2OC(=O)c2ccccc2I)cc(OC)c1OC. The van der Waals surface area contributed by atoms with Crippen LogP contribution in [0.2, 0.25) is 0 Å². The molecule has 0 aliphatic carbocycles. The second-order valence-corrected chi connectivity index (χ2v) is 10.5. The lowest BCUT2D eigenvalue weighted by atomic mass is 10.1. The van der Waals surface area contributed by atoms with Gasteiger partial charge in [0.25, 0.3) is 11.8 Å². The Hall–Kier alpha value is -3.17. The van der Waals surface area contributed by atoms with Gasteiger partial charge in [0, 0.05) is 19.2 Å². The van der Waals surface area contributed by atoms with Crippen molar-refractivity contribution in [3.05, 3.63) is 77.7 Å². The second-order valence-electron chi connectivity index (χ2n) is 7.57. The summed E-state index contributed by atoms with van der Waals surface area (Å²) in [7, 11) is 4.32. The molecule has 0 saturated carbocycles. The molecule has 0 aliphatic rings. The Morgan fingerprint density at radius 3 is 2.23 bits per heavy atom. The van der Waals surface area contributed by atoms with E-state index in [2.05, 4.69) is 70.3 Å². The van der Waals surface area contributed by atoms with Gasteiger partial charge < -0.3 is 24.3 Å². The molecule has 0 unspecified atom stereocenters. The number of halogens is 3. The van der Waals surface area contributed by atoms with Crippen molar-refractivity contribution in [3.63, 3.8) is 0 Å². The molecular formula is C26H22Br2IN3O7. The molecule has 3 rings (SSSR count). The lowest BCUT2D eigenvalue weighted by molar-refractivity contribution is -0.120. The molecule has 39 heavy (non-hydrogen) atoms. The summed E-state index contributed by atoms with van der Waals surface area (Å²) in [6, 6.07) is 13.4. The van der Waals surface area contributed by atoms with E-state index in [1.807, 2.05) is 6.07 Å². The number of hydrogen-bond donors (Lipinski definition) is 2. The van der Waals surface area contributed by atoms with Crippen LogP contribution >= 0.6 is 54.5 Å². The lowest BCUT2D eigenvalue weighted by Crippen LogP contribution is -2.35. The van der Waals surface area contributed by atoms with E-state index < -0.39 is 17.8 Å². The Labute approximate surface area is 254 Å². The molecule has 3 aromatic rings. The first-order valence-electron chi connectivity index (χ1n) is 11.0. The number of carbonyl (C=O) groups excluding carboxylic acids is 3. The van der Waals surface area contributed by atoms with Crippen LogP contribution < -0.4 is 29.7 Å². The Bertz CT molecular complexity index is 1410. The first-order chi connectivity index (χ1) is 18.7. The molecule has 204 valence electrons. The molecule has 0 fully saturated rings. The average Bonchev–Trinajstić information content (AvgIpc) is 2.92. The third-order valence-corrected chi connectivity index (χ3v) is 7.04. The van der Waals surface area contributed by atoms with Crippen LogP contribution in [0.15, 0.2) is 62.6 Å². The number of nitrogens with zero attached hydrogens (tertiary/aromatic N) is 1. The molecule has 10 nitrogen and oxygen atoms in total. The van der Waals surface area contributed by atoms with Crippen LogP contribution in [0.3, 0.4) is 0 Å². The van der Waals surface area contributed by atoms with Crippen molar-refractivity contribution in [2.24, 2.45) is 5.10 Å². The van der Waals surface area contributed by atoms with E-state index in [9.17, 15) is 14.4 Å². The summed E-state index contributed by atoms with van der Waals surface area (Å²) in [5, 5.41) is 6.45. The summed E-state index contributed by atoms with van der Waals surface area (Å²) < 4.78 is 23.3. The summed E-state index contributed by atoms with van der Waals surface area (Å²) in [6.45, 7) is -0.358. The molecule has 13 heteroatoms. The maximum Gasteiger partial charge on any atom is 0.344 e. The fourth-order valence-corrected chi connectivity index (χ4v) is 5.19. The minimum Gasteiger partial charge on any atom is -0.493 e. The highest BCUT2D eigenvalue weighted by Gasteiger charge is 2.19. The number of esters is 1. The molecule has 0 radical (unpaired) electrons. The van der Waals surface area contributed by atoms with Crippen molar-refractivity contribution >= 4 is 78.4 Å². The van der Waals surface area contributed by atoms with E-state index in [1.165, 1.54) is 39.7 Å². The van der Waals surface area contributed by atoms with E-state index in [0.717, 1.165) is 3.57 Å². The van der Waals surface area contributed by atoms with Gasteiger partial charge in [0.05, 0.1) is 44.1 Å². The summed E-state index contributed by atoms with van der Waals surface area (Å²) >= 11 is 8.84. The highest BCUT2D eigenvalue weighted by Crippen LogP contribution is 2.38. The maximum atomic E-state index is 12.8. The van der Waals surface area contributed by atoms with Crippen LogP contribution in [-0.2, 0) is 4.79 Å². The van der Waals surface area contributed by atoms with Gasteiger partial charge in [-0.25, -0.2) is 10.2 Å². The zero-order chi connectivity index (χ0) is 28.5. The Balaban J connectivity index is 1.67. The van der Waals surface area contributed by atoms with Crippen molar-refractivity contribution in [2.45, 2.75) is 0 Å². The summed E-state index contributed by atoms with van der Waals surface area (Å²) in [5.41, 5.74) is 3.37. The standard InChI is InChI=1S/C26H22Br2IN3O7/c1-36-20-9-14(10-21(37-2)24(20)38-3)25(34)30-13-22(33)32-31-12-15-8-16(27)11-18(28)23(15)39-26(35)17-6-4-5-7-19(17)29/h4-12H,13H2,1-3H3,(H,30,34)(H,32,33)/b31-12-. The Kier molecular flexibility index (Phi) is 11.1. The zero-order valence-electron chi connectivity index (χ0n) is 20.8. The Morgan fingerprint density at radius 1 is 0.949 bits per heavy atom. The quantitative estimate of drug-likeness (QED) is 0.0984. The van der Waals surface area contributed by atoms with Gasteiger partial charge in [0.2, 0.25) is 5.75 Å². The van der Waals surface area contributed by atoms with Crippen molar-refractivity contribution in [1.82, 2.24) is 10.7 Å². The minimum atomic E-state index is -0.585. The normalized spacial score (nSPS) is 10.6. The number of ether oxygens (including phenoxy) is 4. The second kappa shape index (κ2) is 14.3. The van der Waals surface area contributed by atoms with Gasteiger partial charge in [-0.3, -0.25) is 9.59 Å². The number of nitrogens with one attached hydrogen (secondary N) is 2. The highest BCUT2D eigenvalue weighted by atomic mass is 127. The van der Waals surface area contributed by atoms with Gasteiger partial charge in [-0.1, -0.05) is 28.1 Å². The lowest BCUT2D eigenvalue weighted by Gasteiger charge is -2.14. The van der Waals surface area contributed by atoms with Crippen molar-refractivity contribution in [3.8, 4) is 23.0 Å². The molecule has 2 amide bonds. The first-order valence-corrected chi connectivity index (χ1v) is 13.7. The molecule has 0 atom stereocenters. The van der Waals surface area contributed by atoms with Crippen LogP contribution in [0.4, 0.5) is 0 Å². The van der Waals surface area contributed by atoms with Crippen LogP contribution in [0.25, 0.3) is 0 Å². The fraction of sp³-hybridized carbons (Fsp3) is 0.154. The van der Waals surface area contributed by atoms with Crippen molar-refractivity contribution in [2.75, 3.05) is 27.9 Å². The van der Waals surface area contributed by atoms with Crippen LogP contribution in [0, 0.1) is 3.57 Å². The number of rotatable bonds is 10. The van der Waals surface area contributed by atoms with Crippen LogP contribution in [0.1, 0.15) is 26.3 Å². The number of methoxy groups -OCH3 is 3. The molecule has 0 heterocycles. The van der Waals surface area contributed by atoms with Crippen molar-refractivity contribution in [1.29, 1.82) is 0 Å². The summed E-state index contributed by atoms with van der Waals surface area (Å²) in [5.74, 6) is -0.504. The third-order valence-electron chi connectivity index (χ3n) is 5.05. The molecule has 0 aliphatic heterocycles. The summed E-state index contributed by atoms with van der Waals surface area (Å²) in [6.07, 6.45) is 1.33. The van der Waals surface area contributed by atoms with Gasteiger partial charge >= 0.3 is 5.97 Å². The molecule has 0 aromatic heterocycles. The minimum absolute atomic E-state index is 0.208. The highest BCUT2D eigenvalue weighted by molar-refractivity contribution is 14.1. The zero-order valence-corrected chi connectivity index (χ0v) is 26.2. The summed E-state index contributed by atoms with van der Waals surface area (Å²) in [4.78, 5) is 37.7. The number of amides is 2. The van der Waals surface area contributed by atoms with Crippen molar-refractivity contribution < 1.29 is 33.3 Å². The van der Waals surface area contributed by atoms with E-state index in [4.69, 9.17) is 18.9 Å². The Morgan fingerprint density at radius 2 is 1.62 bits per heavy atom. The number of benzene rings is 3. The maximum absolute atomic E-state index is 12.8. The van der Waals surface area contributed by atoms with Gasteiger partial charge in [0.1, 0.15) is 0 Å². The van der Waals surface area contributed by atoms with Gasteiger partial charge in [-0.15, -0.1) is 0 Å². The van der Waals surface area contributed by atoms with Gasteiger partial charge in [-0.05, 0) is 74.9 Å². The molecule has 2 N–H and O–H groups in total. The molecule has 0 saturated heterocycles. The fourth-order valence-electron chi connectivity index (χ4n) is 3.25. The van der Waals surface area contributed by atoms with E-state index >= 15 is 0 Å². The van der Waals surface area contributed by atoms with E-state index in [1.54, 1.807) is 30.3 Å². The molecular weight excluding hydrogens is 753 g/mol. The smallest absolute Gasteiger partial charge is 0.344 e. The predicted octanol–water partition coefficient (Wildman–Crippen LogP) is 4.94. The van der Waals surface area contributed by atoms with Gasteiger partial charge in [-0.2, -0.15) is 5.10 Å². The number of carbonyl (C=O) groups is 3. The molecule has 3 aromatic carbocycles. The number of hydrogen-bond acceptors (Lipinski definition) is 8. The largest absolute Gasteiger partial charge is 0.493 e. The predicted molar refractivity (Wildman–Crippen MR) is 160 cm³/mol. The molecule has 0 bridgehead atoms.